The molecule has 1 N–H and O–H groups in total. The third kappa shape index (κ3) is 3.80. The summed E-state index contributed by atoms with van der Waals surface area (Å²) in [5.74, 6) is 0. The largest absolute Gasteiger partial charge is 0.379 e. The summed E-state index contributed by atoms with van der Waals surface area (Å²) in [5.41, 5.74) is 5.01. The van der Waals surface area contributed by atoms with E-state index in [1.807, 2.05) is 0 Å². The summed E-state index contributed by atoms with van der Waals surface area (Å²) < 4.78 is 0. The molecule has 0 spiro atoms. The van der Waals surface area contributed by atoms with Gasteiger partial charge in [0.25, 0.3) is 0 Å². The van der Waals surface area contributed by atoms with Crippen LogP contribution in [0.5, 0.6) is 0 Å². The van der Waals surface area contributed by atoms with Crippen molar-refractivity contribution in [2.45, 2.75) is 46.6 Å². The molecule has 0 aliphatic heterocycles. The molecule has 0 aliphatic carbocycles. The van der Waals surface area contributed by atoms with Crippen LogP contribution in [0.25, 0.3) is 0 Å². The van der Waals surface area contributed by atoms with Gasteiger partial charge >= 0.3 is 0 Å². The van der Waals surface area contributed by atoms with E-state index in [4.69, 9.17) is 4.98 Å². The molecule has 0 aliphatic rings. The van der Waals surface area contributed by atoms with Gasteiger partial charge in [0.15, 0.2) is 0 Å². The number of hydrogen-bond donors (Lipinski definition) is 1. The highest BCUT2D eigenvalue weighted by molar-refractivity contribution is 7.09. The van der Waals surface area contributed by atoms with Crippen LogP contribution < -0.4 is 5.32 Å². The Kier molecular flexibility index (Phi) is 3.95. The van der Waals surface area contributed by atoms with Crippen LogP contribution in [0.4, 0.5) is 5.69 Å². The Hall–Kier alpha value is -1.35. The maximum atomic E-state index is 4.70. The third-order valence-electron chi connectivity index (χ3n) is 2.89. The van der Waals surface area contributed by atoms with Gasteiger partial charge in [-0.05, 0) is 37.1 Å². The van der Waals surface area contributed by atoms with Crippen molar-refractivity contribution < 1.29 is 0 Å². The summed E-state index contributed by atoms with van der Waals surface area (Å²) >= 11 is 1.75. The molecule has 1 aromatic carbocycles. The zero-order valence-corrected chi connectivity index (χ0v) is 13.2. The van der Waals surface area contributed by atoms with Crippen molar-refractivity contribution in [3.05, 3.63) is 45.4 Å². The predicted octanol–water partition coefficient (Wildman–Crippen LogP) is 4.67. The van der Waals surface area contributed by atoms with E-state index in [2.05, 4.69) is 63.5 Å². The first-order valence-electron chi connectivity index (χ1n) is 6.61. The van der Waals surface area contributed by atoms with Crippen LogP contribution in [0.1, 0.15) is 42.6 Å². The minimum atomic E-state index is 0.142. The molecule has 3 heteroatoms. The van der Waals surface area contributed by atoms with E-state index in [-0.39, 0.29) is 5.41 Å². The van der Waals surface area contributed by atoms with Gasteiger partial charge in [0, 0.05) is 16.5 Å². The maximum Gasteiger partial charge on any atom is 0.0982 e. The fourth-order valence-corrected chi connectivity index (χ4v) is 2.91. The maximum absolute atomic E-state index is 4.70. The zero-order valence-electron chi connectivity index (χ0n) is 12.4. The van der Waals surface area contributed by atoms with Crippen LogP contribution in [0, 0.1) is 13.8 Å². The molecule has 102 valence electrons. The highest BCUT2D eigenvalue weighted by Crippen LogP contribution is 2.26. The van der Waals surface area contributed by atoms with E-state index < -0.39 is 0 Å². The number of benzene rings is 1. The molecule has 0 atom stereocenters. The molecule has 1 heterocycles. The van der Waals surface area contributed by atoms with Crippen molar-refractivity contribution >= 4 is 17.0 Å². The van der Waals surface area contributed by atoms with Gasteiger partial charge < -0.3 is 5.32 Å². The van der Waals surface area contributed by atoms with Crippen molar-refractivity contribution in [3.63, 3.8) is 0 Å². The van der Waals surface area contributed by atoms with Crippen LogP contribution >= 0.6 is 11.3 Å². The number of nitrogens with zero attached hydrogens (tertiary/aromatic N) is 1. The number of thiazole rings is 1. The highest BCUT2D eigenvalue weighted by Gasteiger charge is 2.17. The Balaban J connectivity index is 2.04. The number of rotatable bonds is 3. The Labute approximate surface area is 119 Å². The van der Waals surface area contributed by atoms with Gasteiger partial charge in [-0.15, -0.1) is 11.3 Å². The van der Waals surface area contributed by atoms with E-state index in [9.17, 15) is 0 Å². The van der Waals surface area contributed by atoms with Crippen LogP contribution in [0.15, 0.2) is 23.6 Å². The Morgan fingerprint density at radius 3 is 2.26 bits per heavy atom. The van der Waals surface area contributed by atoms with Gasteiger partial charge in [0.2, 0.25) is 0 Å². The predicted molar refractivity (Wildman–Crippen MR) is 84.1 cm³/mol. The molecule has 2 rings (SSSR count). The molecule has 0 bridgehead atoms. The first-order valence-corrected chi connectivity index (χ1v) is 7.49. The lowest BCUT2D eigenvalue weighted by atomic mass is 9.98. The van der Waals surface area contributed by atoms with Gasteiger partial charge in [-0.2, -0.15) is 0 Å². The van der Waals surface area contributed by atoms with Crippen molar-refractivity contribution in [1.29, 1.82) is 0 Å². The molecule has 1 aromatic heterocycles. The van der Waals surface area contributed by atoms with Crippen molar-refractivity contribution in [3.8, 4) is 0 Å². The molecule has 2 aromatic rings. The zero-order chi connectivity index (χ0) is 14.0. The Bertz CT molecular complexity index is 544. The van der Waals surface area contributed by atoms with Crippen LogP contribution in [0.3, 0.4) is 0 Å². The molecule has 0 unspecified atom stereocenters. The second-order valence-electron chi connectivity index (χ2n) is 6.12. The minimum Gasteiger partial charge on any atom is -0.379 e. The van der Waals surface area contributed by atoms with Gasteiger partial charge in [-0.25, -0.2) is 4.98 Å². The van der Waals surface area contributed by atoms with Gasteiger partial charge in [0.05, 0.1) is 17.2 Å². The second kappa shape index (κ2) is 5.33. The van der Waals surface area contributed by atoms with Gasteiger partial charge in [-0.1, -0.05) is 26.8 Å². The van der Waals surface area contributed by atoms with Crippen molar-refractivity contribution in [2.24, 2.45) is 0 Å². The van der Waals surface area contributed by atoms with E-state index in [0.29, 0.717) is 0 Å². The quantitative estimate of drug-likeness (QED) is 0.879. The molecule has 19 heavy (non-hydrogen) atoms. The molecular formula is C16H22N2S. The third-order valence-corrected chi connectivity index (χ3v) is 4.21. The summed E-state index contributed by atoms with van der Waals surface area (Å²) in [4.78, 5) is 4.70. The average Bonchev–Trinajstić information content (AvgIpc) is 2.73. The topological polar surface area (TPSA) is 24.9 Å². The highest BCUT2D eigenvalue weighted by atomic mass is 32.1. The lowest BCUT2D eigenvalue weighted by molar-refractivity contribution is 0.583. The van der Waals surface area contributed by atoms with Crippen molar-refractivity contribution in [1.82, 2.24) is 4.98 Å². The number of aromatic nitrogens is 1. The summed E-state index contributed by atoms with van der Waals surface area (Å²) in [7, 11) is 0. The lowest BCUT2D eigenvalue weighted by Gasteiger charge is -2.13. The molecule has 0 saturated heterocycles. The van der Waals surface area contributed by atoms with E-state index in [1.165, 1.54) is 21.8 Å². The van der Waals surface area contributed by atoms with Crippen LogP contribution in [0.2, 0.25) is 0 Å². The molecule has 0 radical (unpaired) electrons. The summed E-state index contributed by atoms with van der Waals surface area (Å²) in [5, 5.41) is 6.80. The van der Waals surface area contributed by atoms with Crippen molar-refractivity contribution in [2.75, 3.05) is 5.32 Å². The van der Waals surface area contributed by atoms with E-state index in [0.717, 1.165) is 12.2 Å². The number of aryl methyl sites for hydroxylation is 2. The summed E-state index contributed by atoms with van der Waals surface area (Å²) in [6, 6.07) is 6.53. The Morgan fingerprint density at radius 2 is 1.74 bits per heavy atom. The minimum absolute atomic E-state index is 0.142. The molecule has 0 saturated carbocycles. The average molecular weight is 274 g/mol. The van der Waals surface area contributed by atoms with Crippen LogP contribution in [-0.2, 0) is 12.0 Å². The number of nitrogens with one attached hydrogen (secondary N) is 1. The fourth-order valence-electron chi connectivity index (χ4n) is 2.00. The molecule has 2 nitrogen and oxygen atoms in total. The first kappa shape index (κ1) is 14.1. The first-order chi connectivity index (χ1) is 8.84. The molecule has 0 amide bonds. The smallest absolute Gasteiger partial charge is 0.0982 e. The number of anilines is 1. The normalized spacial score (nSPS) is 11.6. The van der Waals surface area contributed by atoms with E-state index in [1.54, 1.807) is 11.3 Å². The molecular weight excluding hydrogens is 252 g/mol. The second-order valence-corrected chi connectivity index (χ2v) is 6.98. The molecule has 0 fully saturated rings. The summed E-state index contributed by atoms with van der Waals surface area (Å²) in [6.07, 6.45) is 0. The van der Waals surface area contributed by atoms with Gasteiger partial charge in [0.1, 0.15) is 0 Å². The lowest BCUT2D eigenvalue weighted by Crippen LogP contribution is -2.11. The number of hydrogen-bond acceptors (Lipinski definition) is 3. The monoisotopic (exact) mass is 274 g/mol. The van der Waals surface area contributed by atoms with Gasteiger partial charge in [-0.3, -0.25) is 0 Å². The van der Waals surface area contributed by atoms with E-state index >= 15 is 0 Å². The fraction of sp³-hybridized carbons (Fsp3) is 0.438. The SMILES string of the molecule is Cc1cc(C)cc(NCc2csc(C(C)(C)C)n2)c1. The standard InChI is InChI=1S/C16H22N2S/c1-11-6-12(2)8-13(7-11)17-9-14-10-19-15(18-14)16(3,4)5/h6-8,10,17H,9H2,1-5H3. The summed E-state index contributed by atoms with van der Waals surface area (Å²) in [6.45, 7) is 11.6. The van der Waals surface area contributed by atoms with Crippen LogP contribution in [-0.4, -0.2) is 4.98 Å². The Morgan fingerprint density at radius 1 is 1.11 bits per heavy atom.